The monoisotopic (exact) mass is 280 g/mol. The van der Waals surface area contributed by atoms with Crippen LogP contribution < -0.4 is 0 Å². The normalized spacial score (nSPS) is 40.0. The van der Waals surface area contributed by atoms with Crippen molar-refractivity contribution in [3.05, 3.63) is 0 Å². The first-order valence-electron chi connectivity index (χ1n) is 8.37. The number of carbonyl (C=O) groups is 1. The molecule has 3 fully saturated rings. The van der Waals surface area contributed by atoms with Gasteiger partial charge in [-0.3, -0.25) is 4.79 Å². The summed E-state index contributed by atoms with van der Waals surface area (Å²) in [4.78, 5) is 12.2. The molecule has 2 saturated carbocycles. The summed E-state index contributed by atoms with van der Waals surface area (Å²) in [7, 11) is 0. The van der Waals surface area contributed by atoms with Gasteiger partial charge < -0.3 is 9.47 Å². The summed E-state index contributed by atoms with van der Waals surface area (Å²) < 4.78 is 12.3. The molecule has 0 aromatic heterocycles. The van der Waals surface area contributed by atoms with Gasteiger partial charge in [-0.25, -0.2) is 0 Å². The predicted octanol–water partition coefficient (Wildman–Crippen LogP) is 3.85. The van der Waals surface area contributed by atoms with Crippen LogP contribution in [0, 0.1) is 10.8 Å². The molecule has 0 N–H and O–H groups in total. The zero-order valence-corrected chi connectivity index (χ0v) is 13.0. The van der Waals surface area contributed by atoms with Gasteiger partial charge in [0, 0.05) is 24.7 Å². The molecule has 0 aromatic rings. The highest BCUT2D eigenvalue weighted by atomic mass is 16.7. The van der Waals surface area contributed by atoms with Crippen LogP contribution in [0.25, 0.3) is 0 Å². The fourth-order valence-corrected chi connectivity index (χ4v) is 5.13. The van der Waals surface area contributed by atoms with E-state index in [-0.39, 0.29) is 10.8 Å². The number of Topliss-reactive ketones (excluding diaryl/α,β-unsaturated/α-hetero) is 1. The quantitative estimate of drug-likeness (QED) is 0.787. The van der Waals surface area contributed by atoms with E-state index in [9.17, 15) is 4.79 Å². The zero-order valence-electron chi connectivity index (χ0n) is 13.0. The van der Waals surface area contributed by atoms with Gasteiger partial charge in [-0.2, -0.15) is 0 Å². The number of hydrogen-bond donors (Lipinski definition) is 0. The summed E-state index contributed by atoms with van der Waals surface area (Å²) in [6, 6.07) is 0. The van der Waals surface area contributed by atoms with Crippen molar-refractivity contribution >= 4 is 5.78 Å². The van der Waals surface area contributed by atoms with E-state index in [0.29, 0.717) is 25.4 Å². The van der Waals surface area contributed by atoms with E-state index in [2.05, 4.69) is 13.8 Å². The summed E-state index contributed by atoms with van der Waals surface area (Å²) in [6.45, 7) is 6.01. The van der Waals surface area contributed by atoms with E-state index in [1.807, 2.05) is 0 Å². The van der Waals surface area contributed by atoms with Crippen LogP contribution in [0.5, 0.6) is 0 Å². The van der Waals surface area contributed by atoms with Crippen molar-refractivity contribution in [1.82, 2.24) is 0 Å². The maximum atomic E-state index is 12.2. The number of hydrogen-bond acceptors (Lipinski definition) is 3. The third kappa shape index (κ3) is 1.89. The molecule has 1 heterocycles. The highest BCUT2D eigenvalue weighted by molar-refractivity contribution is 5.80. The first-order chi connectivity index (χ1) is 9.58. The van der Waals surface area contributed by atoms with Crippen molar-refractivity contribution in [2.45, 2.75) is 77.4 Å². The van der Waals surface area contributed by atoms with Crippen LogP contribution in [0.4, 0.5) is 0 Å². The predicted molar refractivity (Wildman–Crippen MR) is 77.4 cm³/mol. The third-order valence-corrected chi connectivity index (χ3v) is 6.37. The van der Waals surface area contributed by atoms with Gasteiger partial charge >= 0.3 is 0 Å². The highest BCUT2D eigenvalue weighted by Gasteiger charge is 2.66. The van der Waals surface area contributed by atoms with Crippen molar-refractivity contribution in [3.8, 4) is 0 Å². The first kappa shape index (κ1) is 14.5. The average molecular weight is 280 g/mol. The lowest BCUT2D eigenvalue weighted by Gasteiger charge is -2.61. The van der Waals surface area contributed by atoms with Gasteiger partial charge in [0.1, 0.15) is 5.78 Å². The molecule has 2 aliphatic carbocycles. The second-order valence-corrected chi connectivity index (χ2v) is 7.23. The topological polar surface area (TPSA) is 35.5 Å². The summed E-state index contributed by atoms with van der Waals surface area (Å²) in [5, 5.41) is 0. The van der Waals surface area contributed by atoms with Gasteiger partial charge in [-0.05, 0) is 31.1 Å². The van der Waals surface area contributed by atoms with Crippen LogP contribution in [-0.2, 0) is 14.3 Å². The highest BCUT2D eigenvalue weighted by Crippen LogP contribution is 2.66. The molecule has 0 radical (unpaired) electrons. The molecule has 0 amide bonds. The Morgan fingerprint density at radius 3 is 2.60 bits per heavy atom. The molecule has 1 aliphatic heterocycles. The van der Waals surface area contributed by atoms with Gasteiger partial charge in [0.25, 0.3) is 0 Å². The van der Waals surface area contributed by atoms with E-state index >= 15 is 0 Å². The fourth-order valence-electron chi connectivity index (χ4n) is 5.13. The Morgan fingerprint density at radius 1 is 1.15 bits per heavy atom. The molecular weight excluding hydrogens is 252 g/mol. The molecule has 1 spiro atoms. The smallest absolute Gasteiger partial charge is 0.174 e. The van der Waals surface area contributed by atoms with Crippen LogP contribution in [0.3, 0.4) is 0 Å². The number of carbonyl (C=O) groups excluding carboxylic acids is 1. The standard InChI is InChI=1S/C17H28O3/c1-3-4-7-16-8-5-9-17(19-11-12-20-17)15(16,2)10-6-14(18)13-16/h3-13H2,1-2H3/t15-,16+/m0/s1. The SMILES string of the molecule is CCCC[C@]12CCCC3(OCCO3)[C@@]1(C)CCC(=O)C2. The maximum absolute atomic E-state index is 12.2. The van der Waals surface area contributed by atoms with Crippen LogP contribution in [-0.4, -0.2) is 24.8 Å². The maximum Gasteiger partial charge on any atom is 0.174 e. The van der Waals surface area contributed by atoms with E-state index in [0.717, 1.165) is 32.1 Å². The molecule has 3 nitrogen and oxygen atoms in total. The largest absolute Gasteiger partial charge is 0.347 e. The van der Waals surface area contributed by atoms with E-state index < -0.39 is 5.79 Å². The lowest BCUT2D eigenvalue weighted by atomic mass is 9.47. The fraction of sp³-hybridized carbons (Fsp3) is 0.941. The van der Waals surface area contributed by atoms with Crippen molar-refractivity contribution in [3.63, 3.8) is 0 Å². The lowest BCUT2D eigenvalue weighted by molar-refractivity contribution is -0.299. The molecule has 3 aliphatic rings. The lowest BCUT2D eigenvalue weighted by Crippen LogP contribution is -2.62. The summed E-state index contributed by atoms with van der Waals surface area (Å²) in [5.74, 6) is 0.0493. The minimum absolute atomic E-state index is 0.0117. The minimum atomic E-state index is -0.403. The van der Waals surface area contributed by atoms with Gasteiger partial charge in [0.15, 0.2) is 5.79 Å². The molecule has 114 valence electrons. The Morgan fingerprint density at radius 2 is 1.90 bits per heavy atom. The number of ketones is 1. The van der Waals surface area contributed by atoms with Crippen LogP contribution >= 0.6 is 0 Å². The summed E-state index contributed by atoms with van der Waals surface area (Å²) >= 11 is 0. The summed E-state index contributed by atoms with van der Waals surface area (Å²) in [5.41, 5.74) is 0.124. The van der Waals surface area contributed by atoms with Crippen molar-refractivity contribution in [2.24, 2.45) is 10.8 Å². The molecule has 0 bridgehead atoms. The molecular formula is C17H28O3. The number of fused-ring (bicyclic) bond motifs is 2. The van der Waals surface area contributed by atoms with Gasteiger partial charge in [0.05, 0.1) is 13.2 Å². The summed E-state index contributed by atoms with van der Waals surface area (Å²) in [6.07, 6.45) is 9.26. The Balaban J connectivity index is 1.98. The second-order valence-electron chi connectivity index (χ2n) is 7.23. The molecule has 0 aromatic carbocycles. The number of ether oxygens (including phenoxy) is 2. The Labute approximate surface area is 122 Å². The molecule has 0 unspecified atom stereocenters. The van der Waals surface area contributed by atoms with Crippen LogP contribution in [0.2, 0.25) is 0 Å². The molecule has 2 atom stereocenters. The van der Waals surface area contributed by atoms with E-state index in [4.69, 9.17) is 9.47 Å². The third-order valence-electron chi connectivity index (χ3n) is 6.37. The average Bonchev–Trinajstić information content (AvgIpc) is 2.90. The zero-order chi connectivity index (χ0) is 14.3. The van der Waals surface area contributed by atoms with Crippen LogP contribution in [0.1, 0.15) is 71.6 Å². The number of rotatable bonds is 3. The van der Waals surface area contributed by atoms with Crippen molar-refractivity contribution < 1.29 is 14.3 Å². The first-order valence-corrected chi connectivity index (χ1v) is 8.37. The Hall–Kier alpha value is -0.410. The second kappa shape index (κ2) is 5.10. The van der Waals surface area contributed by atoms with Crippen molar-refractivity contribution in [1.29, 1.82) is 0 Å². The molecule has 3 heteroatoms. The van der Waals surface area contributed by atoms with Crippen molar-refractivity contribution in [2.75, 3.05) is 13.2 Å². The van der Waals surface area contributed by atoms with Gasteiger partial charge in [-0.15, -0.1) is 0 Å². The minimum Gasteiger partial charge on any atom is -0.347 e. The molecule has 1 saturated heterocycles. The Kier molecular flexibility index (Phi) is 3.70. The van der Waals surface area contributed by atoms with Gasteiger partial charge in [-0.1, -0.05) is 26.7 Å². The molecule has 3 rings (SSSR count). The number of unbranched alkanes of at least 4 members (excludes halogenated alkanes) is 1. The van der Waals surface area contributed by atoms with Gasteiger partial charge in [0.2, 0.25) is 0 Å². The van der Waals surface area contributed by atoms with Crippen LogP contribution in [0.15, 0.2) is 0 Å². The molecule has 20 heavy (non-hydrogen) atoms. The Bertz CT molecular complexity index is 386. The van der Waals surface area contributed by atoms with E-state index in [1.165, 1.54) is 19.3 Å². The van der Waals surface area contributed by atoms with E-state index in [1.54, 1.807) is 0 Å².